The number of ketones is 2. The number of aliphatic carboxylic acids is 1. The summed E-state index contributed by atoms with van der Waals surface area (Å²) in [7, 11) is 5.74. The minimum Gasteiger partial charge on any atom is -0.496 e. The van der Waals surface area contributed by atoms with Gasteiger partial charge < -0.3 is 24.6 Å². The predicted octanol–water partition coefficient (Wildman–Crippen LogP) is 13.3. The molecule has 3 unspecified atom stereocenters. The first-order valence-electron chi connectivity index (χ1n) is 22.7. The van der Waals surface area contributed by atoms with Gasteiger partial charge in [0.05, 0.1) is 33.6 Å². The van der Waals surface area contributed by atoms with Crippen molar-refractivity contribution in [2.45, 2.75) is 103 Å². The number of anilines is 1. The number of benzene rings is 4. The number of carboxylic acid groups (broad SMARTS) is 1. The molecule has 0 spiro atoms. The highest BCUT2D eigenvalue weighted by molar-refractivity contribution is 9.11. The van der Waals surface area contributed by atoms with E-state index >= 15 is 0 Å². The Morgan fingerprint density at radius 3 is 2.28 bits per heavy atom. The molecule has 0 heterocycles. The molecule has 0 aliphatic heterocycles. The van der Waals surface area contributed by atoms with E-state index in [2.05, 4.69) is 88.1 Å². The van der Waals surface area contributed by atoms with Gasteiger partial charge in [0, 0.05) is 48.7 Å². The number of rotatable bonds is 11. The maximum Gasteiger partial charge on any atom is 0.307 e. The molecule has 0 radical (unpaired) electrons. The third-order valence-electron chi connectivity index (χ3n) is 14.3. The minimum absolute atomic E-state index is 0.116. The fourth-order valence-electron chi connectivity index (χ4n) is 11.1. The molecular weight excluding hydrogens is 946 g/mol. The molecule has 4 aromatic rings. The first kappa shape index (κ1) is 48.2. The second-order valence-electron chi connectivity index (χ2n) is 18.9. The van der Waals surface area contributed by atoms with Crippen molar-refractivity contribution in [1.29, 1.82) is 0 Å². The van der Waals surface area contributed by atoms with Gasteiger partial charge in [-0.05, 0) is 173 Å². The molecule has 0 saturated heterocycles. The van der Waals surface area contributed by atoms with Crippen LogP contribution in [0.1, 0.15) is 123 Å². The van der Waals surface area contributed by atoms with E-state index in [1.165, 1.54) is 22.4 Å². The van der Waals surface area contributed by atoms with Crippen LogP contribution >= 0.6 is 31.9 Å². The van der Waals surface area contributed by atoms with Crippen molar-refractivity contribution in [3.63, 3.8) is 0 Å². The van der Waals surface area contributed by atoms with Gasteiger partial charge in [0.25, 0.3) is 0 Å². The van der Waals surface area contributed by atoms with Crippen LogP contribution < -0.4 is 14.4 Å². The second-order valence-corrected chi connectivity index (χ2v) is 20.7. The Morgan fingerprint density at radius 2 is 1.66 bits per heavy atom. The van der Waals surface area contributed by atoms with Gasteiger partial charge in [-0.15, -0.1) is 0 Å². The third kappa shape index (κ3) is 9.73. The van der Waals surface area contributed by atoms with Gasteiger partial charge in [-0.1, -0.05) is 74.4 Å². The molecule has 0 aromatic heterocycles. The van der Waals surface area contributed by atoms with Crippen LogP contribution in [-0.4, -0.2) is 54.6 Å². The lowest BCUT2D eigenvalue weighted by molar-refractivity contribution is -0.136. The van der Waals surface area contributed by atoms with Crippen LogP contribution in [0.2, 0.25) is 0 Å². The van der Waals surface area contributed by atoms with Gasteiger partial charge in [-0.2, -0.15) is 0 Å². The van der Waals surface area contributed by atoms with E-state index in [9.17, 15) is 19.5 Å². The Balaban J connectivity index is 0.000000194. The third-order valence-corrected chi connectivity index (χ3v) is 15.5. The molecule has 342 valence electrons. The maximum absolute atomic E-state index is 13.5. The van der Waals surface area contributed by atoms with E-state index in [0.29, 0.717) is 72.8 Å². The smallest absolute Gasteiger partial charge is 0.307 e. The Bertz CT molecular complexity index is 2570. The standard InChI is InChI=1S/C29H37NO2.C26H24Br2O5/c1-5-15-29(32)16-14-26-24-12-8-20-17-22(31)11-13-23(20)27(24)25(18-28(26,29)2)19-6-9-21(10-7-19)30(3)4;1-14(2)18-12-23(33-26-20(27)9-16(10-21(26)28)11-24(29)30)19(13-22(18)32-4)25(31)17-7-5-6-15(3)8-17/h5-7,9-10,15,17,24-26,32H,8,11-14,16,18H2,1-4H3;5-10,12-14H,11H2,1-4H3,(H,29,30)/t24?,25?,26?,28-,29-;/m0./s1. The number of aliphatic hydroxyl groups is 1. The van der Waals surface area contributed by atoms with Crippen LogP contribution in [0.4, 0.5) is 5.69 Å². The highest BCUT2D eigenvalue weighted by Gasteiger charge is 2.62. The number of carboxylic acids is 1. The summed E-state index contributed by atoms with van der Waals surface area (Å²) in [6.07, 6.45) is 12.5. The van der Waals surface area contributed by atoms with E-state index in [0.717, 1.165) is 49.7 Å². The Kier molecular flexibility index (Phi) is 14.5. The van der Waals surface area contributed by atoms with E-state index in [1.807, 2.05) is 64.1 Å². The van der Waals surface area contributed by atoms with Crippen LogP contribution in [0.3, 0.4) is 0 Å². The van der Waals surface area contributed by atoms with Gasteiger partial charge in [0.15, 0.2) is 17.3 Å². The summed E-state index contributed by atoms with van der Waals surface area (Å²) < 4.78 is 13.0. The van der Waals surface area contributed by atoms with E-state index < -0.39 is 11.6 Å². The van der Waals surface area contributed by atoms with Crippen LogP contribution in [0, 0.1) is 24.2 Å². The quantitative estimate of drug-likeness (QED) is 0.113. The lowest BCUT2D eigenvalue weighted by Gasteiger charge is -2.54. The molecule has 65 heavy (non-hydrogen) atoms. The zero-order chi connectivity index (χ0) is 47.0. The Hall–Kier alpha value is -4.77. The summed E-state index contributed by atoms with van der Waals surface area (Å²) in [4.78, 5) is 38.9. The summed E-state index contributed by atoms with van der Waals surface area (Å²) in [5, 5.41) is 20.9. The largest absolute Gasteiger partial charge is 0.496 e. The number of hydrogen-bond donors (Lipinski definition) is 2. The molecule has 10 heteroatoms. The van der Waals surface area contributed by atoms with E-state index in [-0.39, 0.29) is 23.5 Å². The van der Waals surface area contributed by atoms with E-state index in [1.54, 1.807) is 36.9 Å². The molecule has 5 atom stereocenters. The van der Waals surface area contributed by atoms with Crippen molar-refractivity contribution in [3.8, 4) is 17.2 Å². The lowest BCUT2D eigenvalue weighted by atomic mass is 9.51. The normalized spacial score (nSPS) is 23.5. The van der Waals surface area contributed by atoms with Gasteiger partial charge in [-0.25, -0.2) is 0 Å². The van der Waals surface area contributed by atoms with Crippen molar-refractivity contribution in [2.24, 2.45) is 17.3 Å². The van der Waals surface area contributed by atoms with Gasteiger partial charge in [-0.3, -0.25) is 14.4 Å². The van der Waals surface area contributed by atoms with Crippen LogP contribution in [0.5, 0.6) is 17.2 Å². The summed E-state index contributed by atoms with van der Waals surface area (Å²) in [5.74, 6) is 2.08. The zero-order valence-corrected chi connectivity index (χ0v) is 41.9. The first-order valence-corrected chi connectivity index (χ1v) is 24.3. The lowest BCUT2D eigenvalue weighted by Crippen LogP contribution is -2.50. The van der Waals surface area contributed by atoms with Crippen molar-refractivity contribution in [2.75, 3.05) is 26.1 Å². The number of halogens is 2. The highest BCUT2D eigenvalue weighted by Crippen LogP contribution is 2.67. The molecule has 0 amide bonds. The topological polar surface area (TPSA) is 113 Å². The van der Waals surface area contributed by atoms with Crippen LogP contribution in [0.15, 0.2) is 117 Å². The van der Waals surface area contributed by atoms with Gasteiger partial charge in [0.2, 0.25) is 0 Å². The van der Waals surface area contributed by atoms with Crippen LogP contribution in [0.25, 0.3) is 0 Å². The number of aryl methyl sites for hydroxylation is 1. The van der Waals surface area contributed by atoms with Gasteiger partial charge >= 0.3 is 5.97 Å². The number of carbonyl (C=O) groups excluding carboxylic acids is 2. The predicted molar refractivity (Wildman–Crippen MR) is 266 cm³/mol. The maximum atomic E-state index is 13.5. The van der Waals surface area contributed by atoms with Crippen molar-refractivity contribution in [1.82, 2.24) is 0 Å². The van der Waals surface area contributed by atoms with E-state index in [4.69, 9.17) is 14.6 Å². The fourth-order valence-corrected chi connectivity index (χ4v) is 12.5. The highest BCUT2D eigenvalue weighted by atomic mass is 79.9. The summed E-state index contributed by atoms with van der Waals surface area (Å²) in [5.41, 5.74) is 9.49. The number of nitrogens with zero attached hydrogens (tertiary/aromatic N) is 1. The average Bonchev–Trinajstić information content (AvgIpc) is 3.52. The number of ether oxygens (including phenoxy) is 2. The fraction of sp³-hybridized carbons (Fsp3) is 0.400. The van der Waals surface area contributed by atoms with Crippen molar-refractivity contribution in [3.05, 3.63) is 150 Å². The Morgan fingerprint density at radius 1 is 0.954 bits per heavy atom. The average molecular weight is 1010 g/mol. The van der Waals surface area contributed by atoms with Crippen molar-refractivity contribution < 1.29 is 34.1 Å². The molecular formula is C55H61Br2NO7. The molecule has 8 rings (SSSR count). The molecule has 2 fully saturated rings. The number of carbonyl (C=O) groups is 3. The molecule has 2 N–H and O–H groups in total. The second kappa shape index (κ2) is 19.6. The summed E-state index contributed by atoms with van der Waals surface area (Å²) in [6.45, 7) is 10.4. The number of fused-ring (bicyclic) bond motifs is 4. The molecule has 4 aliphatic rings. The molecule has 2 saturated carbocycles. The molecule has 4 aliphatic carbocycles. The number of hydrogen-bond acceptors (Lipinski definition) is 7. The molecule has 4 aromatic carbocycles. The summed E-state index contributed by atoms with van der Waals surface area (Å²) in [6, 6.07) is 23.4. The minimum atomic E-state index is -0.926. The number of methoxy groups -OCH3 is 1. The van der Waals surface area contributed by atoms with Crippen LogP contribution in [-0.2, 0) is 16.0 Å². The zero-order valence-electron chi connectivity index (χ0n) is 38.8. The summed E-state index contributed by atoms with van der Waals surface area (Å²) >= 11 is 6.96. The molecule has 0 bridgehead atoms. The Labute approximate surface area is 401 Å². The van der Waals surface area contributed by atoms with Gasteiger partial charge in [0.1, 0.15) is 11.5 Å². The monoisotopic (exact) mass is 1010 g/mol. The first-order chi connectivity index (χ1) is 30.9. The van der Waals surface area contributed by atoms with Crippen molar-refractivity contribution >= 4 is 55.1 Å². The SMILES string of the molecule is CC=C[C@]1(O)CCC2C3CCC4=CC(=O)CCC4=C3C(c3ccc(N(C)C)cc3)C[C@@]21C.COc1cc(C(=O)c2cccc(C)c2)c(Oc2c(Br)cc(CC(=O)O)cc2Br)cc1C(C)C. The molecule has 8 nitrogen and oxygen atoms in total. The number of allylic oxidation sites excluding steroid dienone is 5.